The normalized spacial score (nSPS) is 9.88. The van der Waals surface area contributed by atoms with E-state index in [0.29, 0.717) is 5.82 Å². The molecular weight excluding hydrogens is 210 g/mol. The summed E-state index contributed by atoms with van der Waals surface area (Å²) in [5.74, 6) is -0.0798. The number of nitrogen functional groups attached to an aromatic ring is 1. The van der Waals surface area contributed by atoms with Crippen LogP contribution < -0.4 is 11.1 Å². The quantitative estimate of drug-likeness (QED) is 0.664. The minimum Gasteiger partial charge on any atom is -0.382 e. The summed E-state index contributed by atoms with van der Waals surface area (Å²) in [7, 11) is 3.26. The van der Waals surface area contributed by atoms with Crippen molar-refractivity contribution in [3.05, 3.63) is 12.3 Å². The van der Waals surface area contributed by atoms with E-state index in [4.69, 9.17) is 5.73 Å². The van der Waals surface area contributed by atoms with Crippen LogP contribution in [0.25, 0.3) is 0 Å². The maximum Gasteiger partial charge on any atom is 0.242 e. The first kappa shape index (κ1) is 12.0. The second kappa shape index (κ2) is 5.15. The third kappa shape index (κ3) is 3.60. The average molecular weight is 225 g/mol. The van der Waals surface area contributed by atoms with Gasteiger partial charge in [0.05, 0.1) is 6.54 Å². The monoisotopic (exact) mass is 225 g/mol. The van der Waals surface area contributed by atoms with Gasteiger partial charge in [-0.2, -0.15) is 5.10 Å². The largest absolute Gasteiger partial charge is 0.382 e. The van der Waals surface area contributed by atoms with Crippen molar-refractivity contribution in [1.82, 2.24) is 20.0 Å². The Morgan fingerprint density at radius 3 is 2.75 bits per heavy atom. The number of likely N-dealkylation sites (N-methyl/N-ethyl adjacent to an activating group) is 1. The number of hydrogen-bond acceptors (Lipinski definition) is 4. The molecule has 7 heteroatoms. The van der Waals surface area contributed by atoms with Crippen molar-refractivity contribution in [2.75, 3.05) is 26.4 Å². The van der Waals surface area contributed by atoms with Crippen LogP contribution in [0.15, 0.2) is 12.3 Å². The van der Waals surface area contributed by atoms with Crippen LogP contribution in [-0.2, 0) is 16.1 Å². The molecule has 88 valence electrons. The number of nitrogens with two attached hydrogens (primary N) is 1. The lowest BCUT2D eigenvalue weighted by atomic mass is 10.5. The summed E-state index contributed by atoms with van der Waals surface area (Å²) in [6.07, 6.45) is 1.60. The number of carbonyl (C=O) groups is 2. The van der Waals surface area contributed by atoms with Crippen molar-refractivity contribution in [3.8, 4) is 0 Å². The second-order valence-electron chi connectivity index (χ2n) is 3.50. The Bertz CT molecular complexity index is 385. The van der Waals surface area contributed by atoms with Gasteiger partial charge in [-0.05, 0) is 6.07 Å². The van der Waals surface area contributed by atoms with E-state index in [1.54, 1.807) is 26.4 Å². The maximum atomic E-state index is 11.4. The van der Waals surface area contributed by atoms with E-state index in [1.165, 1.54) is 9.58 Å². The predicted molar refractivity (Wildman–Crippen MR) is 58.3 cm³/mol. The lowest BCUT2D eigenvalue weighted by molar-refractivity contribution is -0.131. The molecule has 0 atom stereocenters. The summed E-state index contributed by atoms with van der Waals surface area (Å²) in [5.41, 5.74) is 5.39. The summed E-state index contributed by atoms with van der Waals surface area (Å²) in [5, 5.41) is 6.34. The van der Waals surface area contributed by atoms with Gasteiger partial charge >= 0.3 is 0 Å². The lowest BCUT2D eigenvalue weighted by Gasteiger charge is -2.10. The Kier molecular flexibility index (Phi) is 3.87. The van der Waals surface area contributed by atoms with Gasteiger partial charge in [0, 0.05) is 20.3 Å². The van der Waals surface area contributed by atoms with Gasteiger partial charge in [-0.15, -0.1) is 0 Å². The van der Waals surface area contributed by atoms with Gasteiger partial charge < -0.3 is 16.0 Å². The Labute approximate surface area is 93.2 Å². The minimum atomic E-state index is -0.279. The van der Waals surface area contributed by atoms with Gasteiger partial charge in [-0.25, -0.2) is 0 Å². The molecular formula is C9H15N5O2. The summed E-state index contributed by atoms with van der Waals surface area (Å²) >= 11 is 0. The fourth-order valence-corrected chi connectivity index (χ4v) is 1.00. The van der Waals surface area contributed by atoms with Crippen LogP contribution in [0, 0.1) is 0 Å². The van der Waals surface area contributed by atoms with Crippen molar-refractivity contribution in [3.63, 3.8) is 0 Å². The van der Waals surface area contributed by atoms with Crippen molar-refractivity contribution in [2.45, 2.75) is 6.54 Å². The number of carbonyl (C=O) groups excluding carboxylic acids is 2. The highest BCUT2D eigenvalue weighted by atomic mass is 16.2. The molecule has 3 N–H and O–H groups in total. The first-order valence-corrected chi connectivity index (χ1v) is 4.75. The molecule has 1 heterocycles. The average Bonchev–Trinajstić information content (AvgIpc) is 2.60. The summed E-state index contributed by atoms with van der Waals surface area (Å²) in [4.78, 5) is 23.9. The first-order valence-electron chi connectivity index (χ1n) is 4.75. The molecule has 0 saturated heterocycles. The Balaban J connectivity index is 2.34. The number of amides is 2. The molecule has 0 aliphatic rings. The highest BCUT2D eigenvalue weighted by Crippen LogP contribution is 1.94. The molecule has 0 aliphatic heterocycles. The first-order chi connectivity index (χ1) is 7.49. The molecule has 1 aromatic heterocycles. The number of nitrogens with zero attached hydrogens (tertiary/aromatic N) is 3. The molecule has 0 saturated carbocycles. The lowest BCUT2D eigenvalue weighted by Crippen LogP contribution is -2.37. The number of anilines is 1. The smallest absolute Gasteiger partial charge is 0.242 e. The molecule has 0 spiro atoms. The Morgan fingerprint density at radius 1 is 1.56 bits per heavy atom. The van der Waals surface area contributed by atoms with E-state index in [-0.39, 0.29) is 24.9 Å². The molecule has 0 fully saturated rings. The molecule has 0 aliphatic carbocycles. The van der Waals surface area contributed by atoms with Crippen LogP contribution in [-0.4, -0.2) is 47.1 Å². The molecule has 2 amide bonds. The zero-order valence-corrected chi connectivity index (χ0v) is 9.30. The van der Waals surface area contributed by atoms with E-state index in [2.05, 4.69) is 10.4 Å². The van der Waals surface area contributed by atoms with Crippen LogP contribution in [0.4, 0.5) is 5.82 Å². The van der Waals surface area contributed by atoms with E-state index < -0.39 is 0 Å². The van der Waals surface area contributed by atoms with Crippen LogP contribution in [0.5, 0.6) is 0 Å². The zero-order chi connectivity index (χ0) is 12.1. The van der Waals surface area contributed by atoms with E-state index in [9.17, 15) is 9.59 Å². The van der Waals surface area contributed by atoms with Crippen LogP contribution in [0.3, 0.4) is 0 Å². The predicted octanol–water partition coefficient (Wildman–Crippen LogP) is -1.33. The SMILES string of the molecule is CN(C)C(=O)CNC(=O)Cn1ccc(N)n1. The third-order valence-corrected chi connectivity index (χ3v) is 1.90. The van der Waals surface area contributed by atoms with Crippen LogP contribution in [0.2, 0.25) is 0 Å². The van der Waals surface area contributed by atoms with Gasteiger partial charge in [-0.1, -0.05) is 0 Å². The summed E-state index contributed by atoms with van der Waals surface area (Å²) in [6.45, 7) is 0.0422. The molecule has 0 unspecified atom stereocenters. The van der Waals surface area contributed by atoms with Crippen molar-refractivity contribution < 1.29 is 9.59 Å². The van der Waals surface area contributed by atoms with E-state index in [0.717, 1.165) is 0 Å². The second-order valence-corrected chi connectivity index (χ2v) is 3.50. The molecule has 7 nitrogen and oxygen atoms in total. The van der Waals surface area contributed by atoms with Crippen LogP contribution in [0.1, 0.15) is 0 Å². The van der Waals surface area contributed by atoms with Crippen molar-refractivity contribution in [1.29, 1.82) is 0 Å². The van der Waals surface area contributed by atoms with Crippen molar-refractivity contribution >= 4 is 17.6 Å². The molecule has 1 aromatic rings. The van der Waals surface area contributed by atoms with Gasteiger partial charge in [0.15, 0.2) is 0 Å². The minimum absolute atomic E-state index is 0.0113. The molecule has 0 bridgehead atoms. The molecule has 1 rings (SSSR count). The highest BCUT2D eigenvalue weighted by Gasteiger charge is 2.07. The Hall–Kier alpha value is -2.05. The number of hydrogen-bond donors (Lipinski definition) is 2. The fraction of sp³-hybridized carbons (Fsp3) is 0.444. The van der Waals surface area contributed by atoms with E-state index in [1.807, 2.05) is 0 Å². The maximum absolute atomic E-state index is 11.4. The standard InChI is InChI=1S/C9H15N5O2/c1-13(2)9(16)5-11-8(15)6-14-4-3-7(10)12-14/h3-4H,5-6H2,1-2H3,(H2,10,12)(H,11,15). The molecule has 0 radical (unpaired) electrons. The third-order valence-electron chi connectivity index (χ3n) is 1.90. The fourth-order valence-electron chi connectivity index (χ4n) is 1.00. The van der Waals surface area contributed by atoms with Gasteiger partial charge in [0.25, 0.3) is 0 Å². The summed E-state index contributed by atoms with van der Waals surface area (Å²) in [6, 6.07) is 1.60. The van der Waals surface area contributed by atoms with Gasteiger partial charge in [0.1, 0.15) is 12.4 Å². The van der Waals surface area contributed by atoms with E-state index >= 15 is 0 Å². The molecule has 0 aromatic carbocycles. The van der Waals surface area contributed by atoms with Gasteiger partial charge in [0.2, 0.25) is 11.8 Å². The summed E-state index contributed by atoms with van der Waals surface area (Å²) < 4.78 is 1.41. The molecule has 16 heavy (non-hydrogen) atoms. The number of nitrogens with one attached hydrogen (secondary N) is 1. The zero-order valence-electron chi connectivity index (χ0n) is 9.30. The number of rotatable bonds is 4. The topological polar surface area (TPSA) is 93.2 Å². The van der Waals surface area contributed by atoms with Gasteiger partial charge in [-0.3, -0.25) is 14.3 Å². The van der Waals surface area contributed by atoms with Crippen LogP contribution >= 0.6 is 0 Å². The Morgan fingerprint density at radius 2 is 2.25 bits per heavy atom. The highest BCUT2D eigenvalue weighted by molar-refractivity contribution is 5.84. The number of aromatic nitrogens is 2. The van der Waals surface area contributed by atoms with Crippen molar-refractivity contribution in [2.24, 2.45) is 0 Å².